The quantitative estimate of drug-likeness (QED) is 0.828. The third-order valence-corrected chi connectivity index (χ3v) is 3.05. The van der Waals surface area contributed by atoms with Gasteiger partial charge in [0.1, 0.15) is 17.5 Å². The van der Waals surface area contributed by atoms with Crippen LogP contribution in [0, 0.1) is 3.57 Å². The maximum Gasteiger partial charge on any atom is 0.136 e. The molecule has 3 N–H and O–H groups in total. The molecule has 0 unspecified atom stereocenters. The maximum absolute atomic E-state index is 5.79. The predicted molar refractivity (Wildman–Crippen MR) is 83.0 cm³/mol. The summed E-state index contributed by atoms with van der Waals surface area (Å²) in [6.45, 7) is 4.09. The van der Waals surface area contributed by atoms with Crippen LogP contribution in [0.4, 0.5) is 17.3 Å². The Morgan fingerprint density at radius 1 is 1.22 bits per heavy atom. The van der Waals surface area contributed by atoms with Gasteiger partial charge in [-0.1, -0.05) is 19.9 Å². The molecule has 1 aromatic carbocycles. The van der Waals surface area contributed by atoms with Crippen LogP contribution in [-0.4, -0.2) is 9.97 Å². The van der Waals surface area contributed by atoms with Crippen LogP contribution in [-0.2, 0) is 0 Å². The summed E-state index contributed by atoms with van der Waals surface area (Å²) in [5.74, 6) is 2.23. The lowest BCUT2D eigenvalue weighted by atomic mass is 10.2. The zero-order valence-electron chi connectivity index (χ0n) is 10.3. The SMILES string of the molecule is CC(C)c1nc(N)cc(Nc2cccc(I)c2)n1. The first kappa shape index (κ1) is 13.1. The summed E-state index contributed by atoms with van der Waals surface area (Å²) in [4.78, 5) is 8.67. The molecule has 2 rings (SSSR count). The molecule has 0 aliphatic heterocycles. The Morgan fingerprint density at radius 3 is 2.67 bits per heavy atom. The highest BCUT2D eigenvalue weighted by molar-refractivity contribution is 14.1. The molecule has 0 amide bonds. The standard InChI is InChI=1S/C13H15IN4/c1-8(2)13-17-11(15)7-12(18-13)16-10-5-3-4-9(14)6-10/h3-8H,1-2H3,(H3,15,16,17,18). The number of nitrogens with two attached hydrogens (primary N) is 1. The molecule has 94 valence electrons. The zero-order valence-corrected chi connectivity index (χ0v) is 12.5. The van der Waals surface area contributed by atoms with Crippen molar-refractivity contribution in [1.29, 1.82) is 0 Å². The van der Waals surface area contributed by atoms with Crippen LogP contribution >= 0.6 is 22.6 Å². The Morgan fingerprint density at radius 2 is 2.00 bits per heavy atom. The van der Waals surface area contributed by atoms with Crippen molar-refractivity contribution in [3.63, 3.8) is 0 Å². The van der Waals surface area contributed by atoms with E-state index in [4.69, 9.17) is 5.73 Å². The van der Waals surface area contributed by atoms with Crippen molar-refractivity contribution < 1.29 is 0 Å². The van der Waals surface area contributed by atoms with Crippen molar-refractivity contribution in [2.75, 3.05) is 11.1 Å². The summed E-state index contributed by atoms with van der Waals surface area (Å²) in [6.07, 6.45) is 0. The van der Waals surface area contributed by atoms with Crippen molar-refractivity contribution in [3.8, 4) is 0 Å². The summed E-state index contributed by atoms with van der Waals surface area (Å²) in [5, 5.41) is 3.24. The number of nitrogens with zero attached hydrogens (tertiary/aromatic N) is 2. The molecule has 1 heterocycles. The minimum Gasteiger partial charge on any atom is -0.384 e. The largest absolute Gasteiger partial charge is 0.384 e. The van der Waals surface area contributed by atoms with E-state index in [-0.39, 0.29) is 5.92 Å². The van der Waals surface area contributed by atoms with Crippen LogP contribution in [0.15, 0.2) is 30.3 Å². The number of rotatable bonds is 3. The van der Waals surface area contributed by atoms with Crippen LogP contribution in [0.2, 0.25) is 0 Å². The molecule has 1 aromatic heterocycles. The number of benzene rings is 1. The zero-order chi connectivity index (χ0) is 13.1. The Labute approximate surface area is 120 Å². The van der Waals surface area contributed by atoms with Gasteiger partial charge in [-0.25, -0.2) is 9.97 Å². The number of hydrogen-bond acceptors (Lipinski definition) is 4. The molecular weight excluding hydrogens is 339 g/mol. The Kier molecular flexibility index (Phi) is 4.00. The molecule has 0 saturated heterocycles. The van der Waals surface area contributed by atoms with Crippen molar-refractivity contribution in [1.82, 2.24) is 9.97 Å². The van der Waals surface area contributed by atoms with Gasteiger partial charge >= 0.3 is 0 Å². The van der Waals surface area contributed by atoms with Gasteiger partial charge in [-0.2, -0.15) is 0 Å². The first-order valence-electron chi connectivity index (χ1n) is 5.71. The third kappa shape index (κ3) is 3.32. The van der Waals surface area contributed by atoms with Gasteiger partial charge in [0.15, 0.2) is 0 Å². The molecule has 0 spiro atoms. The second-order valence-corrected chi connectivity index (χ2v) is 5.57. The third-order valence-electron chi connectivity index (χ3n) is 2.38. The number of anilines is 3. The van der Waals surface area contributed by atoms with Gasteiger partial charge < -0.3 is 11.1 Å². The van der Waals surface area contributed by atoms with Crippen molar-refractivity contribution in [3.05, 3.63) is 39.7 Å². The molecule has 18 heavy (non-hydrogen) atoms. The summed E-state index contributed by atoms with van der Waals surface area (Å²) in [6, 6.07) is 9.83. The van der Waals surface area contributed by atoms with Gasteiger partial charge in [-0.15, -0.1) is 0 Å². The summed E-state index contributed by atoms with van der Waals surface area (Å²) in [7, 11) is 0. The molecule has 0 aliphatic rings. The highest BCUT2D eigenvalue weighted by Crippen LogP contribution is 2.20. The van der Waals surface area contributed by atoms with Gasteiger partial charge in [0.25, 0.3) is 0 Å². The lowest BCUT2D eigenvalue weighted by Crippen LogP contribution is -2.04. The summed E-state index contributed by atoms with van der Waals surface area (Å²) < 4.78 is 1.17. The molecule has 0 aliphatic carbocycles. The lowest BCUT2D eigenvalue weighted by molar-refractivity contribution is 0.779. The fourth-order valence-corrected chi connectivity index (χ4v) is 2.06. The van der Waals surface area contributed by atoms with E-state index in [1.165, 1.54) is 3.57 Å². The number of hydrogen-bond donors (Lipinski definition) is 2. The fraction of sp³-hybridized carbons (Fsp3) is 0.231. The number of halogens is 1. The van der Waals surface area contributed by atoms with Crippen molar-refractivity contribution in [2.24, 2.45) is 0 Å². The van der Waals surface area contributed by atoms with E-state index in [9.17, 15) is 0 Å². The average Bonchev–Trinajstić information content (AvgIpc) is 2.28. The molecule has 0 radical (unpaired) electrons. The summed E-state index contributed by atoms with van der Waals surface area (Å²) in [5.41, 5.74) is 6.78. The molecule has 5 heteroatoms. The van der Waals surface area contributed by atoms with Gasteiger partial charge in [0, 0.05) is 21.2 Å². The van der Waals surface area contributed by atoms with Gasteiger partial charge in [-0.3, -0.25) is 0 Å². The monoisotopic (exact) mass is 354 g/mol. The second-order valence-electron chi connectivity index (χ2n) is 4.33. The van der Waals surface area contributed by atoms with E-state index in [0.717, 1.165) is 17.3 Å². The Balaban J connectivity index is 2.29. The fourth-order valence-electron chi connectivity index (χ4n) is 1.52. The molecule has 2 aromatic rings. The maximum atomic E-state index is 5.79. The number of aromatic nitrogens is 2. The predicted octanol–water partition coefficient (Wildman–Crippen LogP) is 3.53. The Bertz CT molecular complexity index is 554. The first-order valence-corrected chi connectivity index (χ1v) is 6.79. The van der Waals surface area contributed by atoms with Crippen LogP contribution in [0.1, 0.15) is 25.6 Å². The molecule has 0 saturated carbocycles. The van der Waals surface area contributed by atoms with E-state index < -0.39 is 0 Å². The smallest absolute Gasteiger partial charge is 0.136 e. The normalized spacial score (nSPS) is 10.7. The topological polar surface area (TPSA) is 63.8 Å². The minimum absolute atomic E-state index is 0.255. The molecular formula is C13H15IN4. The van der Waals surface area contributed by atoms with E-state index in [1.807, 2.05) is 38.1 Å². The number of nitrogens with one attached hydrogen (secondary N) is 1. The van der Waals surface area contributed by atoms with Crippen molar-refractivity contribution in [2.45, 2.75) is 19.8 Å². The van der Waals surface area contributed by atoms with Crippen LogP contribution in [0.5, 0.6) is 0 Å². The van der Waals surface area contributed by atoms with Gasteiger partial charge in [-0.05, 0) is 40.8 Å². The van der Waals surface area contributed by atoms with E-state index in [2.05, 4.69) is 37.9 Å². The van der Waals surface area contributed by atoms with Gasteiger partial charge in [0.05, 0.1) is 0 Å². The number of nitrogen functional groups attached to an aromatic ring is 1. The molecule has 0 atom stereocenters. The molecule has 0 fully saturated rings. The van der Waals surface area contributed by atoms with Crippen LogP contribution in [0.25, 0.3) is 0 Å². The van der Waals surface area contributed by atoms with Crippen LogP contribution < -0.4 is 11.1 Å². The average molecular weight is 354 g/mol. The highest BCUT2D eigenvalue weighted by Gasteiger charge is 2.06. The highest BCUT2D eigenvalue weighted by atomic mass is 127. The van der Waals surface area contributed by atoms with E-state index in [1.54, 1.807) is 6.07 Å². The van der Waals surface area contributed by atoms with E-state index in [0.29, 0.717) is 5.82 Å². The first-order chi connectivity index (χ1) is 8.54. The Hall–Kier alpha value is -1.37. The second kappa shape index (κ2) is 5.51. The molecule has 0 bridgehead atoms. The van der Waals surface area contributed by atoms with Crippen molar-refractivity contribution >= 4 is 39.9 Å². The van der Waals surface area contributed by atoms with Crippen LogP contribution in [0.3, 0.4) is 0 Å². The van der Waals surface area contributed by atoms with E-state index >= 15 is 0 Å². The molecule has 4 nitrogen and oxygen atoms in total. The minimum atomic E-state index is 0.255. The summed E-state index contributed by atoms with van der Waals surface area (Å²) >= 11 is 2.27. The van der Waals surface area contributed by atoms with Gasteiger partial charge in [0.2, 0.25) is 0 Å². The lowest BCUT2D eigenvalue weighted by Gasteiger charge is -2.10.